The van der Waals surface area contributed by atoms with Gasteiger partial charge in [0, 0.05) is 17.6 Å². The average molecular weight is 339 g/mol. The molecule has 0 aliphatic carbocycles. The topological polar surface area (TPSA) is 101 Å². The molecule has 0 aliphatic heterocycles. The maximum Gasteiger partial charge on any atom is 0.303 e. The van der Waals surface area contributed by atoms with Crippen molar-refractivity contribution in [1.29, 1.82) is 0 Å². The van der Waals surface area contributed by atoms with Crippen molar-refractivity contribution in [3.63, 3.8) is 0 Å². The Kier molecular flexibility index (Phi) is 10.2. The highest BCUT2D eigenvalue weighted by atomic mass is 33.1. The van der Waals surface area contributed by atoms with E-state index < -0.39 is 13.3 Å². The summed E-state index contributed by atoms with van der Waals surface area (Å²) in [7, 11) is -0.353. The Morgan fingerprint density at radius 1 is 1.45 bits per heavy atom. The Hall–Kier alpha value is -0.360. The zero-order valence-electron chi connectivity index (χ0n) is 11.7. The molecule has 20 heavy (non-hydrogen) atoms. The Bertz CT molecular complexity index is 412. The van der Waals surface area contributed by atoms with Gasteiger partial charge >= 0.3 is 5.97 Å². The van der Waals surface area contributed by atoms with E-state index in [-0.39, 0.29) is 24.0 Å². The van der Waals surface area contributed by atoms with Gasteiger partial charge in [-0.1, -0.05) is 29.9 Å². The minimum Gasteiger partial charge on any atom is -0.481 e. The van der Waals surface area contributed by atoms with Gasteiger partial charge in [0.2, 0.25) is 7.37 Å². The molecule has 0 aliphatic rings. The largest absolute Gasteiger partial charge is 0.481 e. The summed E-state index contributed by atoms with van der Waals surface area (Å²) in [6.45, 7) is 3.86. The van der Waals surface area contributed by atoms with Gasteiger partial charge in [0.05, 0.1) is 11.4 Å². The van der Waals surface area contributed by atoms with Gasteiger partial charge in [-0.05, 0) is 30.2 Å². The van der Waals surface area contributed by atoms with Crippen LogP contribution >= 0.6 is 29.0 Å². The van der Waals surface area contributed by atoms with Crippen molar-refractivity contribution >= 4 is 34.9 Å². The molecule has 116 valence electrons. The summed E-state index contributed by atoms with van der Waals surface area (Å²) in [6.07, 6.45) is 5.82. The fourth-order valence-corrected chi connectivity index (χ4v) is 4.81. The van der Waals surface area contributed by atoms with Gasteiger partial charge in [0.1, 0.15) is 0 Å². The van der Waals surface area contributed by atoms with Crippen molar-refractivity contribution in [2.24, 2.45) is 5.73 Å². The molecule has 0 heterocycles. The fourth-order valence-electron chi connectivity index (χ4n) is 1.17. The van der Waals surface area contributed by atoms with Gasteiger partial charge in [-0.25, -0.2) is 0 Å². The summed E-state index contributed by atoms with van der Waals surface area (Å²) >= 11 is 0. The SMILES string of the molecule is C/C=C\C=C(/N)SSC(C)CCP(=O)(O)CCC(=O)O. The van der Waals surface area contributed by atoms with Crippen molar-refractivity contribution in [2.75, 3.05) is 12.3 Å². The molecule has 0 radical (unpaired) electrons. The lowest BCUT2D eigenvalue weighted by molar-refractivity contribution is -0.136. The average Bonchev–Trinajstić information content (AvgIpc) is 2.38. The van der Waals surface area contributed by atoms with E-state index in [1.807, 2.05) is 26.0 Å². The highest BCUT2D eigenvalue weighted by molar-refractivity contribution is 8.78. The normalized spacial score (nSPS) is 17.1. The van der Waals surface area contributed by atoms with Gasteiger partial charge in [-0.2, -0.15) is 0 Å². The summed E-state index contributed by atoms with van der Waals surface area (Å²) in [4.78, 5) is 20.0. The summed E-state index contributed by atoms with van der Waals surface area (Å²) in [6, 6.07) is 0. The van der Waals surface area contributed by atoms with Crippen LogP contribution in [0.1, 0.15) is 26.7 Å². The standard InChI is InChI=1S/C12H22NO4PS2/c1-3-4-5-11(13)20-19-10(2)6-8-18(16,17)9-7-12(14)15/h3-5,10H,6-9,13H2,1-2H3,(H,14,15)(H,16,17)/b4-3-,11-5+. The van der Waals surface area contributed by atoms with Crippen LogP contribution < -0.4 is 5.73 Å². The quantitative estimate of drug-likeness (QED) is 0.319. The van der Waals surface area contributed by atoms with E-state index in [0.29, 0.717) is 11.4 Å². The number of carboxylic acids is 1. The lowest BCUT2D eigenvalue weighted by Gasteiger charge is -2.14. The predicted molar refractivity (Wildman–Crippen MR) is 88.2 cm³/mol. The van der Waals surface area contributed by atoms with E-state index in [0.717, 1.165) is 0 Å². The minimum atomic E-state index is -3.33. The van der Waals surface area contributed by atoms with E-state index in [4.69, 9.17) is 10.8 Å². The Labute approximate surface area is 127 Å². The van der Waals surface area contributed by atoms with E-state index >= 15 is 0 Å². The zero-order valence-corrected chi connectivity index (χ0v) is 14.2. The molecule has 0 aromatic heterocycles. The summed E-state index contributed by atoms with van der Waals surface area (Å²) in [5.41, 5.74) is 5.75. The van der Waals surface area contributed by atoms with Crippen molar-refractivity contribution in [3.8, 4) is 0 Å². The van der Waals surface area contributed by atoms with Gasteiger partial charge < -0.3 is 15.7 Å². The van der Waals surface area contributed by atoms with E-state index in [2.05, 4.69) is 0 Å². The summed E-state index contributed by atoms with van der Waals surface area (Å²) < 4.78 is 11.7. The van der Waals surface area contributed by atoms with Gasteiger partial charge in [0.25, 0.3) is 0 Å². The number of carbonyl (C=O) groups is 1. The highest BCUT2D eigenvalue weighted by Gasteiger charge is 2.20. The molecule has 0 aromatic rings. The molecule has 0 spiro atoms. The monoisotopic (exact) mass is 339 g/mol. The minimum absolute atomic E-state index is 0.146. The number of aliphatic carboxylic acids is 1. The Morgan fingerprint density at radius 2 is 2.10 bits per heavy atom. The second-order valence-electron chi connectivity index (χ2n) is 4.31. The molecule has 0 saturated heterocycles. The first-order valence-corrected chi connectivity index (χ1v) is 10.5. The number of hydrogen-bond donors (Lipinski definition) is 3. The molecular weight excluding hydrogens is 317 g/mol. The van der Waals surface area contributed by atoms with Gasteiger partial charge in [-0.3, -0.25) is 9.36 Å². The second kappa shape index (κ2) is 10.4. The molecule has 0 rings (SSSR count). The number of hydrogen-bond acceptors (Lipinski definition) is 5. The van der Waals surface area contributed by atoms with Crippen LogP contribution in [0.15, 0.2) is 23.3 Å². The lowest BCUT2D eigenvalue weighted by atomic mass is 10.4. The van der Waals surface area contributed by atoms with Crippen LogP contribution in [0, 0.1) is 0 Å². The molecule has 0 fully saturated rings. The number of allylic oxidation sites excluding steroid dienone is 3. The fraction of sp³-hybridized carbons (Fsp3) is 0.583. The van der Waals surface area contributed by atoms with E-state index in [1.54, 1.807) is 16.9 Å². The zero-order chi connectivity index (χ0) is 15.6. The molecule has 0 aromatic carbocycles. The molecule has 2 atom stereocenters. The number of rotatable bonds is 10. The Morgan fingerprint density at radius 3 is 2.65 bits per heavy atom. The molecule has 8 heteroatoms. The molecule has 0 bridgehead atoms. The maximum atomic E-state index is 11.7. The molecule has 0 saturated carbocycles. The van der Waals surface area contributed by atoms with Crippen molar-refractivity contribution in [2.45, 2.75) is 31.9 Å². The van der Waals surface area contributed by atoms with Crippen LogP contribution in [0.4, 0.5) is 0 Å². The maximum absolute atomic E-state index is 11.7. The molecule has 4 N–H and O–H groups in total. The van der Waals surface area contributed by atoms with Gasteiger partial charge in [0.15, 0.2) is 0 Å². The number of nitrogens with two attached hydrogens (primary N) is 1. The predicted octanol–water partition coefficient (Wildman–Crippen LogP) is 3.27. The van der Waals surface area contributed by atoms with Crippen molar-refractivity contribution in [3.05, 3.63) is 23.3 Å². The first-order valence-electron chi connectivity index (χ1n) is 6.21. The Balaban J connectivity index is 4.00. The first-order chi connectivity index (χ1) is 9.26. The third-order valence-corrected chi connectivity index (χ3v) is 7.04. The summed E-state index contributed by atoms with van der Waals surface area (Å²) in [5, 5.41) is 9.35. The summed E-state index contributed by atoms with van der Waals surface area (Å²) in [5.74, 6) is -1.04. The van der Waals surface area contributed by atoms with E-state index in [1.165, 1.54) is 10.8 Å². The third-order valence-electron chi connectivity index (χ3n) is 2.32. The van der Waals surface area contributed by atoms with Crippen LogP contribution in [0.3, 0.4) is 0 Å². The highest BCUT2D eigenvalue weighted by Crippen LogP contribution is 2.44. The second-order valence-corrected chi connectivity index (χ2v) is 9.61. The van der Waals surface area contributed by atoms with E-state index in [9.17, 15) is 14.3 Å². The number of carboxylic acid groups (broad SMARTS) is 1. The van der Waals surface area contributed by atoms with Crippen LogP contribution in [0.2, 0.25) is 0 Å². The first kappa shape index (κ1) is 19.6. The molecule has 0 amide bonds. The van der Waals surface area contributed by atoms with Crippen molar-refractivity contribution < 1.29 is 19.4 Å². The van der Waals surface area contributed by atoms with Crippen LogP contribution in [0.25, 0.3) is 0 Å². The molecular formula is C12H22NO4PS2. The van der Waals surface area contributed by atoms with Crippen LogP contribution in [-0.2, 0) is 9.36 Å². The third kappa shape index (κ3) is 11.5. The van der Waals surface area contributed by atoms with Crippen molar-refractivity contribution in [1.82, 2.24) is 0 Å². The van der Waals surface area contributed by atoms with Crippen LogP contribution in [-0.4, -0.2) is 33.5 Å². The molecule has 5 nitrogen and oxygen atoms in total. The lowest BCUT2D eigenvalue weighted by Crippen LogP contribution is -2.05. The van der Waals surface area contributed by atoms with Gasteiger partial charge in [-0.15, -0.1) is 0 Å². The molecule has 2 unspecified atom stereocenters. The van der Waals surface area contributed by atoms with Crippen LogP contribution in [0.5, 0.6) is 0 Å². The smallest absolute Gasteiger partial charge is 0.303 e.